The van der Waals surface area contributed by atoms with Gasteiger partial charge in [-0.1, -0.05) is 0 Å². The van der Waals surface area contributed by atoms with E-state index in [-0.39, 0.29) is 5.69 Å². The zero-order valence-corrected chi connectivity index (χ0v) is 9.90. The molecule has 0 bridgehead atoms. The summed E-state index contributed by atoms with van der Waals surface area (Å²) in [7, 11) is 0. The fourth-order valence-corrected chi connectivity index (χ4v) is 1.81. The SMILES string of the molecule is O=C(Nc1ccc(C(=O)O)nc1)Nc1ccsc1. The van der Waals surface area contributed by atoms with Crippen LogP contribution >= 0.6 is 11.3 Å². The van der Waals surface area contributed by atoms with Gasteiger partial charge in [0.05, 0.1) is 17.6 Å². The quantitative estimate of drug-likeness (QED) is 0.793. The fraction of sp³-hybridized carbons (Fsp3) is 0. The first-order valence-corrected chi connectivity index (χ1v) is 5.89. The lowest BCUT2D eigenvalue weighted by molar-refractivity contribution is 0.0690. The summed E-state index contributed by atoms with van der Waals surface area (Å²) >= 11 is 1.47. The molecule has 0 atom stereocenters. The number of pyridine rings is 1. The Hall–Kier alpha value is -2.41. The number of carboxylic acid groups (broad SMARTS) is 1. The van der Waals surface area contributed by atoms with E-state index in [1.807, 2.05) is 5.38 Å². The number of amides is 2. The smallest absolute Gasteiger partial charge is 0.354 e. The van der Waals surface area contributed by atoms with Gasteiger partial charge in [0.2, 0.25) is 0 Å². The number of carbonyl (C=O) groups is 2. The standard InChI is InChI=1S/C11H9N3O3S/c15-10(16)9-2-1-7(5-12-9)13-11(17)14-8-3-4-18-6-8/h1-6H,(H,15,16)(H2,13,14,17). The lowest BCUT2D eigenvalue weighted by Gasteiger charge is -2.05. The van der Waals surface area contributed by atoms with E-state index in [9.17, 15) is 9.59 Å². The summed E-state index contributed by atoms with van der Waals surface area (Å²) in [6.07, 6.45) is 1.29. The molecule has 7 heteroatoms. The number of rotatable bonds is 3. The Bertz CT molecular complexity index is 551. The number of urea groups is 1. The van der Waals surface area contributed by atoms with Crippen LogP contribution in [0.15, 0.2) is 35.2 Å². The van der Waals surface area contributed by atoms with Crippen molar-refractivity contribution < 1.29 is 14.7 Å². The van der Waals surface area contributed by atoms with E-state index in [4.69, 9.17) is 5.11 Å². The van der Waals surface area contributed by atoms with Crippen LogP contribution in [0.1, 0.15) is 10.5 Å². The Labute approximate surface area is 106 Å². The maximum atomic E-state index is 11.5. The lowest BCUT2D eigenvalue weighted by Crippen LogP contribution is -2.19. The van der Waals surface area contributed by atoms with Crippen LogP contribution in [0.3, 0.4) is 0 Å². The Morgan fingerprint density at radius 3 is 2.50 bits per heavy atom. The molecule has 18 heavy (non-hydrogen) atoms. The highest BCUT2D eigenvalue weighted by atomic mass is 32.1. The van der Waals surface area contributed by atoms with Crippen LogP contribution in [0.25, 0.3) is 0 Å². The molecule has 2 amide bonds. The van der Waals surface area contributed by atoms with Crippen LogP contribution < -0.4 is 10.6 Å². The Morgan fingerprint density at radius 1 is 1.17 bits per heavy atom. The number of carbonyl (C=O) groups excluding carboxylic acids is 1. The molecule has 2 rings (SSSR count). The second-order valence-electron chi connectivity index (χ2n) is 3.33. The molecule has 0 saturated carbocycles. The Morgan fingerprint density at radius 2 is 1.94 bits per heavy atom. The third kappa shape index (κ3) is 3.05. The van der Waals surface area contributed by atoms with Crippen molar-refractivity contribution in [1.29, 1.82) is 0 Å². The predicted octanol–water partition coefficient (Wildman–Crippen LogP) is 2.49. The van der Waals surface area contributed by atoms with Gasteiger partial charge in [0.25, 0.3) is 0 Å². The van der Waals surface area contributed by atoms with E-state index in [0.29, 0.717) is 11.4 Å². The minimum atomic E-state index is -1.11. The summed E-state index contributed by atoms with van der Waals surface area (Å²) in [4.78, 5) is 25.8. The maximum absolute atomic E-state index is 11.5. The molecule has 0 fully saturated rings. The van der Waals surface area contributed by atoms with E-state index in [1.54, 1.807) is 11.4 Å². The molecular weight excluding hydrogens is 254 g/mol. The summed E-state index contributed by atoms with van der Waals surface area (Å²) < 4.78 is 0. The van der Waals surface area contributed by atoms with Crippen molar-refractivity contribution in [3.63, 3.8) is 0 Å². The van der Waals surface area contributed by atoms with Gasteiger partial charge in [-0.05, 0) is 23.6 Å². The molecule has 0 saturated heterocycles. The summed E-state index contributed by atoms with van der Waals surface area (Å²) in [5, 5.41) is 17.5. The number of hydrogen-bond donors (Lipinski definition) is 3. The van der Waals surface area contributed by atoms with Crippen molar-refractivity contribution in [3.05, 3.63) is 40.8 Å². The highest BCUT2D eigenvalue weighted by Gasteiger charge is 2.06. The summed E-state index contributed by atoms with van der Waals surface area (Å²) in [5.41, 5.74) is 1.05. The van der Waals surface area contributed by atoms with Crippen molar-refractivity contribution in [1.82, 2.24) is 4.98 Å². The van der Waals surface area contributed by atoms with Crippen LogP contribution in [0.4, 0.5) is 16.2 Å². The van der Waals surface area contributed by atoms with Gasteiger partial charge in [-0.15, -0.1) is 0 Å². The monoisotopic (exact) mass is 263 g/mol. The van der Waals surface area contributed by atoms with E-state index < -0.39 is 12.0 Å². The Balaban J connectivity index is 1.97. The molecule has 0 spiro atoms. The van der Waals surface area contributed by atoms with Gasteiger partial charge in [0, 0.05) is 5.38 Å². The number of aromatic carboxylic acids is 1. The molecule has 6 nitrogen and oxygen atoms in total. The first kappa shape index (κ1) is 12.1. The van der Waals surface area contributed by atoms with Gasteiger partial charge in [-0.2, -0.15) is 11.3 Å². The molecular formula is C11H9N3O3S. The molecule has 0 aliphatic rings. The minimum absolute atomic E-state index is 0.0706. The molecule has 0 aliphatic carbocycles. The lowest BCUT2D eigenvalue weighted by atomic mass is 10.3. The van der Waals surface area contributed by atoms with Gasteiger partial charge >= 0.3 is 12.0 Å². The summed E-state index contributed by atoms with van der Waals surface area (Å²) in [6, 6.07) is 4.17. The third-order valence-electron chi connectivity index (χ3n) is 2.02. The first-order valence-electron chi connectivity index (χ1n) is 4.95. The van der Waals surface area contributed by atoms with E-state index in [1.165, 1.54) is 29.7 Å². The molecule has 3 N–H and O–H groups in total. The van der Waals surface area contributed by atoms with Crippen LogP contribution in [-0.4, -0.2) is 22.1 Å². The molecule has 92 valence electrons. The van der Waals surface area contributed by atoms with Gasteiger partial charge in [0.1, 0.15) is 5.69 Å². The van der Waals surface area contributed by atoms with Crippen molar-refractivity contribution in [2.45, 2.75) is 0 Å². The second-order valence-corrected chi connectivity index (χ2v) is 4.11. The van der Waals surface area contributed by atoms with Crippen LogP contribution in [0, 0.1) is 0 Å². The maximum Gasteiger partial charge on any atom is 0.354 e. The van der Waals surface area contributed by atoms with Gasteiger partial charge in [-0.25, -0.2) is 14.6 Å². The number of nitrogens with zero attached hydrogens (tertiary/aromatic N) is 1. The zero-order chi connectivity index (χ0) is 13.0. The normalized spacial score (nSPS) is 9.78. The topological polar surface area (TPSA) is 91.3 Å². The molecule has 2 aromatic heterocycles. The number of nitrogens with one attached hydrogen (secondary N) is 2. The van der Waals surface area contributed by atoms with Gasteiger partial charge in [-0.3, -0.25) is 0 Å². The molecule has 2 heterocycles. The summed E-state index contributed by atoms with van der Waals surface area (Å²) in [5.74, 6) is -1.11. The number of anilines is 2. The largest absolute Gasteiger partial charge is 0.477 e. The van der Waals surface area contributed by atoms with E-state index in [0.717, 1.165) is 0 Å². The van der Waals surface area contributed by atoms with Gasteiger partial charge in [0.15, 0.2) is 0 Å². The van der Waals surface area contributed by atoms with Gasteiger partial charge < -0.3 is 15.7 Å². The number of thiophene rings is 1. The summed E-state index contributed by atoms with van der Waals surface area (Å²) in [6.45, 7) is 0. The average Bonchev–Trinajstić information content (AvgIpc) is 2.82. The van der Waals surface area contributed by atoms with E-state index >= 15 is 0 Å². The molecule has 0 aliphatic heterocycles. The molecule has 0 unspecified atom stereocenters. The van der Waals surface area contributed by atoms with Crippen LogP contribution in [0.2, 0.25) is 0 Å². The number of carboxylic acids is 1. The fourth-order valence-electron chi connectivity index (χ4n) is 1.22. The average molecular weight is 263 g/mol. The zero-order valence-electron chi connectivity index (χ0n) is 9.08. The minimum Gasteiger partial charge on any atom is -0.477 e. The number of aromatic nitrogens is 1. The van der Waals surface area contributed by atoms with Crippen molar-refractivity contribution in [2.75, 3.05) is 10.6 Å². The predicted molar refractivity (Wildman–Crippen MR) is 68.2 cm³/mol. The highest BCUT2D eigenvalue weighted by molar-refractivity contribution is 7.08. The second kappa shape index (κ2) is 5.28. The van der Waals surface area contributed by atoms with Crippen LogP contribution in [-0.2, 0) is 0 Å². The molecule has 0 aromatic carbocycles. The molecule has 0 radical (unpaired) electrons. The highest BCUT2D eigenvalue weighted by Crippen LogP contribution is 2.12. The van der Waals surface area contributed by atoms with Crippen molar-refractivity contribution in [3.8, 4) is 0 Å². The Kier molecular flexibility index (Phi) is 3.54. The molecule has 2 aromatic rings. The van der Waals surface area contributed by atoms with Crippen LogP contribution in [0.5, 0.6) is 0 Å². The van der Waals surface area contributed by atoms with Crippen molar-refractivity contribution >= 4 is 34.7 Å². The third-order valence-corrected chi connectivity index (χ3v) is 2.70. The first-order chi connectivity index (χ1) is 8.65. The number of hydrogen-bond acceptors (Lipinski definition) is 4. The van der Waals surface area contributed by atoms with E-state index in [2.05, 4.69) is 15.6 Å². The van der Waals surface area contributed by atoms with Crippen molar-refractivity contribution in [2.24, 2.45) is 0 Å².